The average molecular weight is 234 g/mol. The van der Waals surface area contributed by atoms with E-state index in [1.165, 1.54) is 6.92 Å². The van der Waals surface area contributed by atoms with E-state index in [1.54, 1.807) is 24.3 Å². The summed E-state index contributed by atoms with van der Waals surface area (Å²) >= 11 is 0. The molecule has 92 valence electrons. The van der Waals surface area contributed by atoms with Gasteiger partial charge >= 0.3 is 5.97 Å². The van der Waals surface area contributed by atoms with Gasteiger partial charge < -0.3 is 4.74 Å². The molecule has 0 aliphatic heterocycles. The van der Waals surface area contributed by atoms with Crippen LogP contribution in [-0.2, 0) is 16.0 Å². The van der Waals surface area contributed by atoms with Crippen LogP contribution in [0.25, 0.3) is 0 Å². The largest absolute Gasteiger partial charge is 0.465 e. The normalized spacial score (nSPS) is 10.4. The lowest BCUT2D eigenvalue weighted by Crippen LogP contribution is -2.12. The zero-order chi connectivity index (χ0) is 12.8. The van der Waals surface area contributed by atoms with Crippen molar-refractivity contribution in [3.8, 4) is 0 Å². The SMILES string of the molecule is CC(=O)c1ccc(CC(=O)OCC(C)C)cc1. The number of carbonyl (C=O) groups excluding carboxylic acids is 2. The van der Waals surface area contributed by atoms with Crippen molar-refractivity contribution in [2.75, 3.05) is 6.61 Å². The number of esters is 1. The third-order valence-corrected chi connectivity index (χ3v) is 2.29. The monoisotopic (exact) mass is 234 g/mol. The second-order valence-electron chi connectivity index (χ2n) is 4.51. The van der Waals surface area contributed by atoms with Gasteiger partial charge in [0.1, 0.15) is 0 Å². The smallest absolute Gasteiger partial charge is 0.310 e. The molecular weight excluding hydrogens is 216 g/mol. The van der Waals surface area contributed by atoms with E-state index >= 15 is 0 Å². The van der Waals surface area contributed by atoms with Crippen LogP contribution in [0.4, 0.5) is 0 Å². The van der Waals surface area contributed by atoms with Crippen molar-refractivity contribution in [3.05, 3.63) is 35.4 Å². The van der Waals surface area contributed by atoms with E-state index in [0.29, 0.717) is 18.1 Å². The fourth-order valence-corrected chi connectivity index (χ4v) is 1.33. The van der Waals surface area contributed by atoms with Crippen LogP contribution in [0.2, 0.25) is 0 Å². The maximum Gasteiger partial charge on any atom is 0.310 e. The minimum absolute atomic E-state index is 0.0268. The van der Waals surface area contributed by atoms with Crippen LogP contribution in [0.15, 0.2) is 24.3 Å². The van der Waals surface area contributed by atoms with Crippen LogP contribution in [0, 0.1) is 5.92 Å². The summed E-state index contributed by atoms with van der Waals surface area (Å²) in [6.07, 6.45) is 0.255. The maximum atomic E-state index is 11.4. The Morgan fingerprint density at radius 2 is 1.76 bits per heavy atom. The number of ether oxygens (including phenoxy) is 1. The summed E-state index contributed by atoms with van der Waals surface area (Å²) in [5.41, 5.74) is 1.52. The first-order valence-electron chi connectivity index (χ1n) is 5.74. The molecule has 0 spiro atoms. The van der Waals surface area contributed by atoms with Crippen molar-refractivity contribution in [3.63, 3.8) is 0 Å². The number of hydrogen-bond donors (Lipinski definition) is 0. The van der Waals surface area contributed by atoms with E-state index in [2.05, 4.69) is 0 Å². The fourth-order valence-electron chi connectivity index (χ4n) is 1.33. The quantitative estimate of drug-likeness (QED) is 0.581. The molecule has 3 heteroatoms. The van der Waals surface area contributed by atoms with E-state index in [0.717, 1.165) is 5.56 Å². The number of hydrogen-bond acceptors (Lipinski definition) is 3. The Hall–Kier alpha value is -1.64. The summed E-state index contributed by atoms with van der Waals surface area (Å²) in [7, 11) is 0. The summed E-state index contributed by atoms with van der Waals surface area (Å²) < 4.78 is 5.08. The zero-order valence-corrected chi connectivity index (χ0v) is 10.5. The highest BCUT2D eigenvalue weighted by atomic mass is 16.5. The highest BCUT2D eigenvalue weighted by Gasteiger charge is 2.06. The molecule has 0 unspecified atom stereocenters. The van der Waals surface area contributed by atoms with Gasteiger partial charge in [0, 0.05) is 5.56 Å². The lowest BCUT2D eigenvalue weighted by Gasteiger charge is -2.07. The predicted octanol–water partition coefficient (Wildman–Crippen LogP) is 2.63. The van der Waals surface area contributed by atoms with E-state index in [-0.39, 0.29) is 18.2 Å². The molecule has 0 saturated heterocycles. The number of ketones is 1. The van der Waals surface area contributed by atoms with Gasteiger partial charge in [-0.3, -0.25) is 9.59 Å². The molecule has 0 aliphatic carbocycles. The lowest BCUT2D eigenvalue weighted by atomic mass is 10.1. The summed E-state index contributed by atoms with van der Waals surface area (Å²) in [4.78, 5) is 22.5. The van der Waals surface area contributed by atoms with Crippen molar-refractivity contribution >= 4 is 11.8 Å². The number of benzene rings is 1. The molecule has 0 amide bonds. The van der Waals surface area contributed by atoms with Crippen LogP contribution < -0.4 is 0 Å². The Morgan fingerprint density at radius 1 is 1.18 bits per heavy atom. The van der Waals surface area contributed by atoms with Crippen molar-refractivity contribution in [1.82, 2.24) is 0 Å². The zero-order valence-electron chi connectivity index (χ0n) is 10.5. The third-order valence-electron chi connectivity index (χ3n) is 2.29. The molecule has 0 N–H and O–H groups in total. The molecule has 0 saturated carbocycles. The average Bonchev–Trinajstić information content (AvgIpc) is 2.27. The Kier molecular flexibility index (Phi) is 4.88. The van der Waals surface area contributed by atoms with E-state index in [1.807, 2.05) is 13.8 Å². The van der Waals surface area contributed by atoms with E-state index in [4.69, 9.17) is 4.74 Å². The van der Waals surface area contributed by atoms with Gasteiger partial charge in [-0.15, -0.1) is 0 Å². The summed E-state index contributed by atoms with van der Waals surface area (Å²) in [6.45, 7) is 5.96. The van der Waals surface area contributed by atoms with Gasteiger partial charge in [-0.05, 0) is 18.4 Å². The Balaban J connectivity index is 2.51. The Morgan fingerprint density at radius 3 is 2.24 bits per heavy atom. The second kappa shape index (κ2) is 6.18. The van der Waals surface area contributed by atoms with Crippen LogP contribution in [-0.4, -0.2) is 18.4 Å². The third kappa shape index (κ3) is 4.81. The van der Waals surface area contributed by atoms with Gasteiger partial charge in [0.25, 0.3) is 0 Å². The van der Waals surface area contributed by atoms with Crippen molar-refractivity contribution < 1.29 is 14.3 Å². The first-order valence-corrected chi connectivity index (χ1v) is 5.74. The lowest BCUT2D eigenvalue weighted by molar-refractivity contribution is -0.143. The van der Waals surface area contributed by atoms with Gasteiger partial charge in [0.15, 0.2) is 5.78 Å². The molecule has 0 bridgehead atoms. The molecule has 0 heterocycles. The number of carbonyl (C=O) groups is 2. The predicted molar refractivity (Wildman–Crippen MR) is 65.9 cm³/mol. The molecule has 0 aromatic heterocycles. The Bertz CT molecular complexity index is 390. The Labute approximate surface area is 102 Å². The molecule has 0 aliphatic rings. The molecule has 1 rings (SSSR count). The fraction of sp³-hybridized carbons (Fsp3) is 0.429. The minimum Gasteiger partial charge on any atom is -0.465 e. The summed E-state index contributed by atoms with van der Waals surface area (Å²) in [5.74, 6) is 0.146. The van der Waals surface area contributed by atoms with E-state index in [9.17, 15) is 9.59 Å². The summed E-state index contributed by atoms with van der Waals surface area (Å²) in [5, 5.41) is 0. The van der Waals surface area contributed by atoms with Gasteiger partial charge in [0.05, 0.1) is 13.0 Å². The molecule has 0 fully saturated rings. The first-order chi connectivity index (χ1) is 7.99. The maximum absolute atomic E-state index is 11.4. The van der Waals surface area contributed by atoms with Gasteiger partial charge in [-0.1, -0.05) is 38.1 Å². The summed E-state index contributed by atoms with van der Waals surface area (Å²) in [6, 6.07) is 7.03. The van der Waals surface area contributed by atoms with Crippen LogP contribution in [0.3, 0.4) is 0 Å². The van der Waals surface area contributed by atoms with Crippen molar-refractivity contribution in [1.29, 1.82) is 0 Å². The first kappa shape index (κ1) is 13.4. The molecule has 1 aromatic carbocycles. The number of Topliss-reactive ketones (excluding diaryl/α,β-unsaturated/α-hetero) is 1. The standard InChI is InChI=1S/C14H18O3/c1-10(2)9-17-14(16)8-12-4-6-13(7-5-12)11(3)15/h4-7,10H,8-9H2,1-3H3. The molecule has 1 aromatic rings. The van der Waals surface area contributed by atoms with Crippen LogP contribution in [0.5, 0.6) is 0 Å². The molecule has 3 nitrogen and oxygen atoms in total. The minimum atomic E-state index is -0.228. The highest BCUT2D eigenvalue weighted by Crippen LogP contribution is 2.07. The molecule has 0 atom stereocenters. The van der Waals surface area contributed by atoms with Gasteiger partial charge in [0.2, 0.25) is 0 Å². The van der Waals surface area contributed by atoms with Crippen molar-refractivity contribution in [2.24, 2.45) is 5.92 Å². The molecule has 0 radical (unpaired) electrons. The topological polar surface area (TPSA) is 43.4 Å². The van der Waals surface area contributed by atoms with Gasteiger partial charge in [-0.2, -0.15) is 0 Å². The van der Waals surface area contributed by atoms with Crippen molar-refractivity contribution in [2.45, 2.75) is 27.2 Å². The van der Waals surface area contributed by atoms with Gasteiger partial charge in [-0.25, -0.2) is 0 Å². The molecule has 17 heavy (non-hydrogen) atoms. The highest BCUT2D eigenvalue weighted by molar-refractivity contribution is 5.94. The second-order valence-corrected chi connectivity index (χ2v) is 4.51. The van der Waals surface area contributed by atoms with Crippen LogP contribution in [0.1, 0.15) is 36.7 Å². The number of rotatable bonds is 5. The van der Waals surface area contributed by atoms with E-state index < -0.39 is 0 Å². The van der Waals surface area contributed by atoms with Crippen LogP contribution >= 0.6 is 0 Å². The molecular formula is C14H18O3.